The molecule has 0 saturated heterocycles. The highest BCUT2D eigenvalue weighted by Gasteiger charge is 2.17. The molecule has 0 aliphatic carbocycles. The third-order valence-corrected chi connectivity index (χ3v) is 2.20. The predicted molar refractivity (Wildman–Crippen MR) is 58.9 cm³/mol. The minimum atomic E-state index is -1.05. The van der Waals surface area contributed by atoms with Crippen molar-refractivity contribution in [3.05, 3.63) is 48.0 Å². The number of carbonyl (C=O) groups excluding carboxylic acids is 1. The highest BCUT2D eigenvalue weighted by Crippen LogP contribution is 2.17. The van der Waals surface area contributed by atoms with E-state index < -0.39 is 11.9 Å². The molecule has 0 N–H and O–H groups in total. The first-order valence-corrected chi connectivity index (χ1v) is 5.18. The molecule has 0 aliphatic heterocycles. The van der Waals surface area contributed by atoms with E-state index in [-0.39, 0.29) is 0 Å². The molecule has 0 bridgehead atoms. The van der Waals surface area contributed by atoms with Crippen molar-refractivity contribution in [2.24, 2.45) is 0 Å². The van der Waals surface area contributed by atoms with Gasteiger partial charge in [0.05, 0.1) is 0 Å². The topological polar surface area (TPSA) is 37.0 Å². The van der Waals surface area contributed by atoms with Gasteiger partial charge in [-0.15, -0.1) is 0 Å². The molecule has 79 valence electrons. The van der Waals surface area contributed by atoms with Crippen molar-refractivity contribution in [1.82, 2.24) is 0 Å². The van der Waals surface area contributed by atoms with Gasteiger partial charge in [-0.05, 0) is 12.0 Å². The summed E-state index contributed by atoms with van der Waals surface area (Å²) < 4.78 is 0. The van der Waals surface area contributed by atoms with Crippen LogP contribution in [-0.2, 0) is 9.90 Å². The summed E-state index contributed by atoms with van der Waals surface area (Å²) in [7, 11) is 0. The summed E-state index contributed by atoms with van der Waals surface area (Å²) >= 11 is 0. The molecule has 0 aliphatic rings. The van der Waals surface area contributed by atoms with Gasteiger partial charge in [-0.1, -0.05) is 55.8 Å². The molecule has 0 spiro atoms. The summed E-state index contributed by atoms with van der Waals surface area (Å²) in [4.78, 5) is 10.9. The highest BCUT2D eigenvalue weighted by atomic mass is 16.4. The molecule has 0 amide bonds. The second kappa shape index (κ2) is 6.02. The van der Waals surface area contributed by atoms with Crippen LogP contribution in [-0.4, -0.2) is 5.97 Å². The van der Waals surface area contributed by atoms with Gasteiger partial charge in [-0.3, -0.25) is 0 Å². The van der Waals surface area contributed by atoms with E-state index in [0.29, 0.717) is 0 Å². The van der Waals surface area contributed by atoms with Crippen LogP contribution in [0.2, 0.25) is 0 Å². The maximum Gasteiger partial charge on any atom is 0.366 e. The van der Waals surface area contributed by atoms with Crippen molar-refractivity contribution in [2.45, 2.75) is 25.7 Å². The fourth-order valence-corrected chi connectivity index (χ4v) is 1.39. The predicted octanol–water partition coefficient (Wildman–Crippen LogP) is 3.08. The molecule has 0 fully saturated rings. The van der Waals surface area contributed by atoms with E-state index in [2.05, 4.69) is 6.92 Å². The molecule has 0 heterocycles. The summed E-state index contributed by atoms with van der Waals surface area (Å²) in [6.07, 6.45) is 5.52. The van der Waals surface area contributed by atoms with Crippen LogP contribution >= 0.6 is 0 Å². The monoisotopic (exact) mass is 203 g/mol. The Hall–Kier alpha value is -1.57. The average Bonchev–Trinajstić information content (AvgIpc) is 2.25. The van der Waals surface area contributed by atoms with Crippen molar-refractivity contribution in [2.75, 3.05) is 0 Å². The Morgan fingerprint density at radius 2 is 2.00 bits per heavy atom. The zero-order chi connectivity index (χ0) is 11.1. The van der Waals surface area contributed by atoms with Gasteiger partial charge in [0.15, 0.2) is 0 Å². The maximum absolute atomic E-state index is 10.9. The molecule has 0 aromatic heterocycles. The minimum absolute atomic E-state index is 0.627. The Morgan fingerprint density at radius 1 is 1.33 bits per heavy atom. The van der Waals surface area contributed by atoms with Gasteiger partial charge in [0.2, 0.25) is 0 Å². The molecule has 1 unspecified atom stereocenters. The van der Waals surface area contributed by atoms with Crippen molar-refractivity contribution in [3.8, 4) is 0 Å². The lowest BCUT2D eigenvalue weighted by Crippen LogP contribution is -2.07. The van der Waals surface area contributed by atoms with E-state index in [1.165, 1.54) is 0 Å². The Bertz CT molecular complexity index is 328. The largest absolute Gasteiger partial charge is 0.366 e. The molecule has 1 aromatic rings. The highest BCUT2D eigenvalue weighted by molar-refractivity contribution is 5.78. The SMILES string of the molecule is CCC/C=C/C(C([O])=O)c1ccccc1. The van der Waals surface area contributed by atoms with Gasteiger partial charge in [0.25, 0.3) is 0 Å². The standard InChI is InChI=1S/C13H15O2/c1-2-3-5-10-12(13(14)15)11-8-6-4-7-9-11/h4-10,12H,2-3H2,1H3/b10-5+. The smallest absolute Gasteiger partial charge is 0.246 e. The van der Waals surface area contributed by atoms with Crippen molar-refractivity contribution in [1.29, 1.82) is 0 Å². The fraction of sp³-hybridized carbons (Fsp3) is 0.308. The molecule has 1 aromatic carbocycles. The quantitative estimate of drug-likeness (QED) is 0.677. The lowest BCUT2D eigenvalue weighted by atomic mass is 9.98. The number of rotatable bonds is 5. The van der Waals surface area contributed by atoms with Crippen LogP contribution in [0, 0.1) is 0 Å². The Labute approximate surface area is 90.3 Å². The summed E-state index contributed by atoms with van der Waals surface area (Å²) in [5.74, 6) is -1.67. The van der Waals surface area contributed by atoms with E-state index in [1.54, 1.807) is 18.2 Å². The van der Waals surface area contributed by atoms with Gasteiger partial charge >= 0.3 is 5.97 Å². The van der Waals surface area contributed by atoms with Crippen molar-refractivity contribution in [3.63, 3.8) is 0 Å². The summed E-state index contributed by atoms with van der Waals surface area (Å²) in [5.41, 5.74) is 0.768. The van der Waals surface area contributed by atoms with Crippen LogP contribution in [0.1, 0.15) is 31.2 Å². The van der Waals surface area contributed by atoms with E-state index >= 15 is 0 Å². The van der Waals surface area contributed by atoms with Gasteiger partial charge < -0.3 is 0 Å². The van der Waals surface area contributed by atoms with Crippen LogP contribution in [0.4, 0.5) is 0 Å². The summed E-state index contributed by atoms with van der Waals surface area (Å²) in [6.45, 7) is 2.06. The second-order valence-electron chi connectivity index (χ2n) is 3.42. The zero-order valence-electron chi connectivity index (χ0n) is 8.85. The number of unbranched alkanes of at least 4 members (excludes halogenated alkanes) is 1. The van der Waals surface area contributed by atoms with Crippen LogP contribution < -0.4 is 0 Å². The molecule has 1 rings (SSSR count). The Balaban J connectivity index is 2.80. The van der Waals surface area contributed by atoms with Crippen molar-refractivity contribution < 1.29 is 9.90 Å². The van der Waals surface area contributed by atoms with E-state index in [1.807, 2.05) is 24.3 Å². The minimum Gasteiger partial charge on any atom is -0.246 e. The molecule has 2 nitrogen and oxygen atoms in total. The molecular formula is C13H15O2. The normalized spacial score (nSPS) is 12.9. The first-order chi connectivity index (χ1) is 7.25. The Morgan fingerprint density at radius 3 is 2.53 bits per heavy atom. The number of carbonyl (C=O) groups is 1. The van der Waals surface area contributed by atoms with E-state index in [4.69, 9.17) is 0 Å². The van der Waals surface area contributed by atoms with Crippen LogP contribution in [0.25, 0.3) is 0 Å². The number of hydrogen-bond acceptors (Lipinski definition) is 1. The van der Waals surface area contributed by atoms with Gasteiger partial charge in [0, 0.05) is 0 Å². The average molecular weight is 203 g/mol. The number of benzene rings is 1. The second-order valence-corrected chi connectivity index (χ2v) is 3.42. The van der Waals surface area contributed by atoms with Crippen LogP contribution in [0.15, 0.2) is 42.5 Å². The van der Waals surface area contributed by atoms with Crippen molar-refractivity contribution >= 4 is 5.97 Å². The van der Waals surface area contributed by atoms with Gasteiger partial charge in [-0.25, -0.2) is 9.90 Å². The third kappa shape index (κ3) is 3.58. The first-order valence-electron chi connectivity index (χ1n) is 5.18. The number of allylic oxidation sites excluding steroid dienone is 1. The fourth-order valence-electron chi connectivity index (χ4n) is 1.39. The van der Waals surface area contributed by atoms with Gasteiger partial charge in [-0.2, -0.15) is 0 Å². The van der Waals surface area contributed by atoms with E-state index in [9.17, 15) is 9.90 Å². The lowest BCUT2D eigenvalue weighted by Gasteiger charge is -2.05. The van der Waals surface area contributed by atoms with Gasteiger partial charge in [0.1, 0.15) is 5.92 Å². The zero-order valence-corrected chi connectivity index (χ0v) is 8.85. The third-order valence-electron chi connectivity index (χ3n) is 2.20. The van der Waals surface area contributed by atoms with E-state index in [0.717, 1.165) is 18.4 Å². The van der Waals surface area contributed by atoms with Crippen LogP contribution in [0.5, 0.6) is 0 Å². The first kappa shape index (κ1) is 11.5. The summed E-state index contributed by atoms with van der Waals surface area (Å²) in [6, 6.07) is 9.14. The molecular weight excluding hydrogens is 188 g/mol. The summed E-state index contributed by atoms with van der Waals surface area (Å²) in [5, 5.41) is 10.9. The van der Waals surface area contributed by atoms with Crippen LogP contribution in [0.3, 0.4) is 0 Å². The molecule has 2 heteroatoms. The number of hydrogen-bond donors (Lipinski definition) is 0. The molecule has 15 heavy (non-hydrogen) atoms. The Kier molecular flexibility index (Phi) is 4.61. The molecule has 1 atom stereocenters. The molecule has 1 radical (unpaired) electrons. The lowest BCUT2D eigenvalue weighted by molar-refractivity contribution is -0.143. The molecule has 0 saturated carbocycles. The maximum atomic E-state index is 10.9.